The van der Waals surface area contributed by atoms with Crippen molar-refractivity contribution in [2.45, 2.75) is 13.3 Å². The monoisotopic (exact) mass is 412 g/mol. The lowest BCUT2D eigenvalue weighted by Gasteiger charge is -2.13. The van der Waals surface area contributed by atoms with E-state index in [0.717, 1.165) is 5.56 Å². The topological polar surface area (TPSA) is 58.2 Å². The Labute approximate surface area is 173 Å². The number of carbonyl (C=O) groups excluding carboxylic acids is 2. The lowest BCUT2D eigenvalue weighted by Crippen LogP contribution is -2.18. The van der Waals surface area contributed by atoms with Gasteiger partial charge in [0, 0.05) is 16.9 Å². The van der Waals surface area contributed by atoms with Crippen LogP contribution in [-0.2, 0) is 11.2 Å². The summed E-state index contributed by atoms with van der Waals surface area (Å²) in [4.78, 5) is 25.0. The summed E-state index contributed by atoms with van der Waals surface area (Å²) in [6, 6.07) is 19.5. The molecule has 0 atom stereocenters. The van der Waals surface area contributed by atoms with Crippen molar-refractivity contribution in [3.63, 3.8) is 0 Å². The first-order valence-electron chi connectivity index (χ1n) is 8.64. The van der Waals surface area contributed by atoms with Crippen molar-refractivity contribution in [2.24, 2.45) is 0 Å². The number of rotatable bonds is 5. The van der Waals surface area contributed by atoms with Crippen LogP contribution in [0.15, 0.2) is 66.7 Å². The lowest BCUT2D eigenvalue weighted by molar-refractivity contribution is -0.115. The van der Waals surface area contributed by atoms with E-state index in [0.29, 0.717) is 32.5 Å². The fourth-order valence-corrected chi connectivity index (χ4v) is 3.09. The van der Waals surface area contributed by atoms with Crippen LogP contribution in [0.5, 0.6) is 0 Å². The minimum absolute atomic E-state index is 0.150. The summed E-state index contributed by atoms with van der Waals surface area (Å²) in [6.45, 7) is 1.80. The minimum atomic E-state index is -0.232. The number of hydrogen-bond donors (Lipinski definition) is 2. The van der Waals surface area contributed by atoms with E-state index in [-0.39, 0.29) is 18.2 Å². The lowest BCUT2D eigenvalue weighted by atomic mass is 10.1. The number of anilines is 2. The number of halogens is 2. The van der Waals surface area contributed by atoms with Gasteiger partial charge in [0.2, 0.25) is 5.91 Å². The molecular formula is C22H18Cl2N2O2. The van der Waals surface area contributed by atoms with Crippen molar-refractivity contribution in [1.29, 1.82) is 0 Å². The fraction of sp³-hybridized carbons (Fsp3) is 0.0909. The molecule has 2 amide bonds. The predicted molar refractivity (Wildman–Crippen MR) is 114 cm³/mol. The average Bonchev–Trinajstić information content (AvgIpc) is 2.67. The predicted octanol–water partition coefficient (Wildman–Crippen LogP) is 5.74. The van der Waals surface area contributed by atoms with E-state index >= 15 is 0 Å². The zero-order chi connectivity index (χ0) is 20.1. The summed E-state index contributed by atoms with van der Waals surface area (Å²) in [5.74, 6) is -0.439. The molecule has 6 heteroatoms. The second-order valence-corrected chi connectivity index (χ2v) is 7.09. The van der Waals surface area contributed by atoms with Crippen LogP contribution in [0.2, 0.25) is 10.0 Å². The van der Waals surface area contributed by atoms with Gasteiger partial charge < -0.3 is 10.6 Å². The van der Waals surface area contributed by atoms with Crippen molar-refractivity contribution in [2.75, 3.05) is 10.6 Å². The van der Waals surface area contributed by atoms with Crippen molar-refractivity contribution < 1.29 is 9.59 Å². The molecule has 3 aromatic carbocycles. The maximum absolute atomic E-state index is 12.6. The third-order valence-corrected chi connectivity index (χ3v) is 4.97. The Morgan fingerprint density at radius 2 is 1.61 bits per heavy atom. The third-order valence-electron chi connectivity index (χ3n) is 4.23. The van der Waals surface area contributed by atoms with Gasteiger partial charge in [-0.25, -0.2) is 0 Å². The first kappa shape index (κ1) is 19.9. The number of hydrogen-bond acceptors (Lipinski definition) is 2. The van der Waals surface area contributed by atoms with Crippen LogP contribution < -0.4 is 10.6 Å². The highest BCUT2D eigenvalue weighted by Crippen LogP contribution is 2.24. The zero-order valence-corrected chi connectivity index (χ0v) is 16.6. The van der Waals surface area contributed by atoms with E-state index in [2.05, 4.69) is 10.6 Å². The first-order valence-corrected chi connectivity index (χ1v) is 9.39. The Hall–Kier alpha value is -2.82. The second kappa shape index (κ2) is 8.91. The largest absolute Gasteiger partial charge is 0.326 e. The van der Waals surface area contributed by atoms with E-state index in [9.17, 15) is 9.59 Å². The molecule has 0 radical (unpaired) electrons. The third kappa shape index (κ3) is 4.91. The van der Waals surface area contributed by atoms with Crippen molar-refractivity contribution in [1.82, 2.24) is 0 Å². The van der Waals surface area contributed by atoms with Crippen LogP contribution >= 0.6 is 23.2 Å². The molecule has 0 bridgehead atoms. The van der Waals surface area contributed by atoms with Crippen LogP contribution in [0, 0.1) is 6.92 Å². The summed E-state index contributed by atoms with van der Waals surface area (Å²) < 4.78 is 0. The maximum Gasteiger partial charge on any atom is 0.256 e. The SMILES string of the molecule is Cc1c(NC(=O)Cc2ccc(Cl)c(Cl)c2)cccc1C(=O)Nc1ccccc1. The number of para-hydroxylation sites is 1. The van der Waals surface area contributed by atoms with Gasteiger partial charge in [-0.2, -0.15) is 0 Å². The Bertz CT molecular complexity index is 1020. The molecule has 28 heavy (non-hydrogen) atoms. The molecule has 3 aromatic rings. The molecule has 3 rings (SSSR count). The summed E-state index contributed by atoms with van der Waals surface area (Å²) in [5, 5.41) is 6.56. The van der Waals surface area contributed by atoms with E-state index in [1.54, 1.807) is 43.3 Å². The Morgan fingerprint density at radius 1 is 0.857 bits per heavy atom. The minimum Gasteiger partial charge on any atom is -0.326 e. The Balaban J connectivity index is 1.72. The highest BCUT2D eigenvalue weighted by Gasteiger charge is 2.14. The Kier molecular flexibility index (Phi) is 6.34. The van der Waals surface area contributed by atoms with Gasteiger partial charge in [0.1, 0.15) is 0 Å². The van der Waals surface area contributed by atoms with E-state index in [4.69, 9.17) is 23.2 Å². The molecule has 0 saturated heterocycles. The van der Waals surface area contributed by atoms with E-state index in [1.165, 1.54) is 0 Å². The zero-order valence-electron chi connectivity index (χ0n) is 15.1. The van der Waals surface area contributed by atoms with Crippen molar-refractivity contribution >= 4 is 46.4 Å². The maximum atomic E-state index is 12.6. The fourth-order valence-electron chi connectivity index (χ4n) is 2.77. The van der Waals surface area contributed by atoms with Gasteiger partial charge in [-0.1, -0.05) is 53.5 Å². The number of amides is 2. The highest BCUT2D eigenvalue weighted by molar-refractivity contribution is 6.42. The van der Waals surface area contributed by atoms with Gasteiger partial charge in [-0.05, 0) is 54.4 Å². The van der Waals surface area contributed by atoms with Gasteiger partial charge in [-0.15, -0.1) is 0 Å². The highest BCUT2D eigenvalue weighted by atomic mass is 35.5. The van der Waals surface area contributed by atoms with Crippen LogP contribution in [0.3, 0.4) is 0 Å². The van der Waals surface area contributed by atoms with Crippen LogP contribution in [0.4, 0.5) is 11.4 Å². The summed E-state index contributed by atoms with van der Waals surface area (Å²) >= 11 is 11.9. The molecule has 0 aliphatic heterocycles. The Morgan fingerprint density at radius 3 is 2.32 bits per heavy atom. The molecular weight excluding hydrogens is 395 g/mol. The van der Waals surface area contributed by atoms with E-state index < -0.39 is 0 Å². The number of carbonyl (C=O) groups is 2. The number of benzene rings is 3. The molecule has 0 unspecified atom stereocenters. The van der Waals surface area contributed by atoms with E-state index in [1.807, 2.05) is 30.3 Å². The molecule has 2 N–H and O–H groups in total. The summed E-state index contributed by atoms with van der Waals surface area (Å²) in [5.41, 5.74) is 3.24. The van der Waals surface area contributed by atoms with Crippen LogP contribution in [0.25, 0.3) is 0 Å². The molecule has 0 aliphatic rings. The van der Waals surface area contributed by atoms with Crippen LogP contribution in [0.1, 0.15) is 21.5 Å². The first-order chi connectivity index (χ1) is 13.4. The quantitative estimate of drug-likeness (QED) is 0.561. The van der Waals surface area contributed by atoms with Gasteiger partial charge in [0.25, 0.3) is 5.91 Å². The van der Waals surface area contributed by atoms with Gasteiger partial charge in [0.15, 0.2) is 0 Å². The van der Waals surface area contributed by atoms with Gasteiger partial charge >= 0.3 is 0 Å². The molecule has 4 nitrogen and oxygen atoms in total. The second-order valence-electron chi connectivity index (χ2n) is 6.27. The smallest absolute Gasteiger partial charge is 0.256 e. The molecule has 0 fully saturated rings. The number of nitrogens with one attached hydrogen (secondary N) is 2. The molecule has 0 aromatic heterocycles. The summed E-state index contributed by atoms with van der Waals surface area (Å²) in [7, 11) is 0. The average molecular weight is 413 g/mol. The van der Waals surface area contributed by atoms with Gasteiger partial charge in [0.05, 0.1) is 16.5 Å². The molecule has 0 heterocycles. The van der Waals surface area contributed by atoms with Crippen molar-refractivity contribution in [3.8, 4) is 0 Å². The molecule has 0 aliphatic carbocycles. The van der Waals surface area contributed by atoms with Crippen LogP contribution in [-0.4, -0.2) is 11.8 Å². The summed E-state index contributed by atoms with van der Waals surface area (Å²) in [6.07, 6.45) is 0.150. The van der Waals surface area contributed by atoms with Gasteiger partial charge in [-0.3, -0.25) is 9.59 Å². The standard InChI is InChI=1S/C22H18Cl2N2O2/c1-14-17(22(28)25-16-6-3-2-4-7-16)8-5-9-20(14)26-21(27)13-15-10-11-18(23)19(24)12-15/h2-12H,13H2,1H3,(H,25,28)(H,26,27). The van der Waals surface area contributed by atoms with Crippen molar-refractivity contribution in [3.05, 3.63) is 93.5 Å². The molecule has 0 saturated carbocycles. The normalized spacial score (nSPS) is 10.4. The molecule has 142 valence electrons. The molecule has 0 spiro atoms.